The molecule has 4 aromatic heterocycles. The summed E-state index contributed by atoms with van der Waals surface area (Å²) in [6.07, 6.45) is 3.51. The molecule has 0 aliphatic carbocycles. The second kappa shape index (κ2) is 10.1. The molecule has 0 saturated heterocycles. The third-order valence-electron chi connectivity index (χ3n) is 5.92. The molecule has 4 heterocycles. The average Bonchev–Trinajstić information content (AvgIpc) is 3.62. The Kier molecular flexibility index (Phi) is 6.34. The molecule has 0 atom stereocenters. The maximum absolute atomic E-state index is 14.4. The molecule has 0 radical (unpaired) electrons. The summed E-state index contributed by atoms with van der Waals surface area (Å²) in [5.74, 6) is 0.653. The van der Waals surface area contributed by atoms with E-state index in [0.717, 1.165) is 43.0 Å². The fourth-order valence-electron chi connectivity index (χ4n) is 4.21. The molecular weight excluding hydrogens is 500 g/mol. The van der Waals surface area contributed by atoms with Gasteiger partial charge < -0.3 is 4.74 Å². The molecule has 6 nitrogen and oxygen atoms in total. The first-order chi connectivity index (χ1) is 18.2. The van der Waals surface area contributed by atoms with Gasteiger partial charge in [-0.1, -0.05) is 41.7 Å². The molecule has 6 rings (SSSR count). The van der Waals surface area contributed by atoms with Crippen molar-refractivity contribution < 1.29 is 9.53 Å². The number of carbonyl (C=O) groups is 1. The summed E-state index contributed by atoms with van der Waals surface area (Å²) >= 11 is 3.08. The van der Waals surface area contributed by atoms with Crippen molar-refractivity contribution in [2.24, 2.45) is 0 Å². The molecule has 182 valence electrons. The number of ether oxygens (including phenoxy) is 1. The van der Waals surface area contributed by atoms with E-state index >= 15 is 0 Å². The summed E-state index contributed by atoms with van der Waals surface area (Å²) in [7, 11) is 0. The van der Waals surface area contributed by atoms with Crippen molar-refractivity contribution in [3.05, 3.63) is 102 Å². The molecule has 8 heteroatoms. The van der Waals surface area contributed by atoms with Gasteiger partial charge in [-0.15, -0.1) is 11.3 Å². The predicted octanol–water partition coefficient (Wildman–Crippen LogP) is 7.21. The van der Waals surface area contributed by atoms with Crippen molar-refractivity contribution in [1.82, 2.24) is 15.0 Å². The Labute approximate surface area is 221 Å². The van der Waals surface area contributed by atoms with Crippen LogP contribution in [0.3, 0.4) is 0 Å². The Bertz CT molecular complexity index is 1700. The molecule has 0 N–H and O–H groups in total. The summed E-state index contributed by atoms with van der Waals surface area (Å²) in [4.78, 5) is 31.0. The van der Waals surface area contributed by atoms with E-state index in [0.29, 0.717) is 23.8 Å². The number of thiazole rings is 1. The molecule has 0 saturated carbocycles. The summed E-state index contributed by atoms with van der Waals surface area (Å²) in [6.45, 7) is 2.89. The van der Waals surface area contributed by atoms with Crippen molar-refractivity contribution >= 4 is 54.8 Å². The lowest BCUT2D eigenvalue weighted by molar-refractivity contribution is 0.0986. The Hall–Kier alpha value is -4.14. The molecule has 1 amide bonds. The smallest absolute Gasteiger partial charge is 0.261 e. The third-order valence-corrected chi connectivity index (χ3v) is 7.85. The number of nitrogens with zero attached hydrogens (tertiary/aromatic N) is 4. The number of fused-ring (bicyclic) bond motifs is 2. The first-order valence-corrected chi connectivity index (χ1v) is 13.6. The number of para-hydroxylation sites is 1. The summed E-state index contributed by atoms with van der Waals surface area (Å²) in [5, 5.41) is 3.44. The number of aromatic nitrogens is 3. The van der Waals surface area contributed by atoms with Crippen LogP contribution in [0.25, 0.3) is 31.7 Å². The van der Waals surface area contributed by atoms with Crippen molar-refractivity contribution in [2.45, 2.75) is 13.5 Å². The van der Waals surface area contributed by atoms with Crippen LogP contribution >= 0.6 is 22.7 Å². The number of benzene rings is 2. The Balaban J connectivity index is 1.49. The molecule has 0 aliphatic heterocycles. The predicted molar refractivity (Wildman–Crippen MR) is 151 cm³/mol. The lowest BCUT2D eigenvalue weighted by Gasteiger charge is -2.21. The minimum absolute atomic E-state index is 0.135. The van der Waals surface area contributed by atoms with Gasteiger partial charge in [0.2, 0.25) is 0 Å². The standard InChI is InChI=1S/C29H22N4O2S2/c1-2-35-20-11-12-24-27(15-20)37-29(32-24)33(18-19-7-5-13-30-17-19)28(34)22-16-25(26-10-6-14-36-26)31-23-9-4-3-8-21(22)23/h3-17H,2,18H2,1H3. The highest BCUT2D eigenvalue weighted by atomic mass is 32.1. The van der Waals surface area contributed by atoms with E-state index in [2.05, 4.69) is 4.98 Å². The van der Waals surface area contributed by atoms with Crippen molar-refractivity contribution in [3.63, 3.8) is 0 Å². The van der Waals surface area contributed by atoms with E-state index in [1.54, 1.807) is 28.6 Å². The Morgan fingerprint density at radius 3 is 2.70 bits per heavy atom. The fourth-order valence-corrected chi connectivity index (χ4v) is 5.89. The average molecular weight is 523 g/mol. The number of amides is 1. The van der Waals surface area contributed by atoms with Gasteiger partial charge in [0.05, 0.1) is 45.0 Å². The van der Waals surface area contributed by atoms with E-state index in [1.807, 2.05) is 85.1 Å². The van der Waals surface area contributed by atoms with Crippen LogP contribution in [0, 0.1) is 0 Å². The highest BCUT2D eigenvalue weighted by Crippen LogP contribution is 2.35. The first-order valence-electron chi connectivity index (χ1n) is 11.9. The van der Waals surface area contributed by atoms with E-state index in [-0.39, 0.29) is 5.91 Å². The minimum Gasteiger partial charge on any atom is -0.494 e. The number of hydrogen-bond acceptors (Lipinski definition) is 7. The second-order valence-electron chi connectivity index (χ2n) is 8.36. The van der Waals surface area contributed by atoms with Gasteiger partial charge in [-0.2, -0.15) is 0 Å². The van der Waals surface area contributed by atoms with Gasteiger partial charge in [0, 0.05) is 17.8 Å². The van der Waals surface area contributed by atoms with E-state index in [4.69, 9.17) is 14.7 Å². The molecule has 0 bridgehead atoms. The molecule has 6 aromatic rings. The van der Waals surface area contributed by atoms with Gasteiger partial charge in [-0.05, 0) is 60.3 Å². The third kappa shape index (κ3) is 4.69. The number of pyridine rings is 2. The Morgan fingerprint density at radius 2 is 1.89 bits per heavy atom. The van der Waals surface area contributed by atoms with Crippen molar-refractivity contribution in [1.29, 1.82) is 0 Å². The van der Waals surface area contributed by atoms with Crippen LogP contribution in [-0.2, 0) is 6.54 Å². The van der Waals surface area contributed by atoms with Gasteiger partial charge in [0.1, 0.15) is 5.75 Å². The summed E-state index contributed by atoms with van der Waals surface area (Å²) in [6, 6.07) is 23.3. The summed E-state index contributed by atoms with van der Waals surface area (Å²) < 4.78 is 6.64. The number of thiophene rings is 1. The lowest BCUT2D eigenvalue weighted by atomic mass is 10.1. The molecule has 0 spiro atoms. The van der Waals surface area contributed by atoms with Crippen LogP contribution in [0.2, 0.25) is 0 Å². The monoisotopic (exact) mass is 522 g/mol. The molecule has 37 heavy (non-hydrogen) atoms. The number of hydrogen-bond donors (Lipinski definition) is 0. The van der Waals surface area contributed by atoms with Crippen molar-refractivity contribution in [3.8, 4) is 16.3 Å². The quantitative estimate of drug-likeness (QED) is 0.222. The number of rotatable bonds is 7. The van der Waals surface area contributed by atoms with Crippen LogP contribution in [-0.4, -0.2) is 27.5 Å². The van der Waals surface area contributed by atoms with Crippen LogP contribution in [0.1, 0.15) is 22.8 Å². The van der Waals surface area contributed by atoms with Gasteiger partial charge in [-0.25, -0.2) is 9.97 Å². The van der Waals surface area contributed by atoms with Gasteiger partial charge >= 0.3 is 0 Å². The molecule has 0 aliphatic rings. The first kappa shape index (κ1) is 23.3. The van der Waals surface area contributed by atoms with Crippen molar-refractivity contribution in [2.75, 3.05) is 11.5 Å². The molecule has 0 fully saturated rings. The second-order valence-corrected chi connectivity index (χ2v) is 10.3. The SMILES string of the molecule is CCOc1ccc2nc(N(Cc3cccnc3)C(=O)c3cc(-c4cccs4)nc4ccccc34)sc2c1. The van der Waals surface area contributed by atoms with E-state index < -0.39 is 0 Å². The normalized spacial score (nSPS) is 11.2. The van der Waals surface area contributed by atoms with Gasteiger partial charge in [0.25, 0.3) is 5.91 Å². The zero-order chi connectivity index (χ0) is 25.2. The van der Waals surface area contributed by atoms with E-state index in [9.17, 15) is 4.79 Å². The molecular formula is C29H22N4O2S2. The maximum atomic E-state index is 14.4. The highest BCUT2D eigenvalue weighted by molar-refractivity contribution is 7.22. The molecule has 2 aromatic carbocycles. The fraction of sp³-hybridized carbons (Fsp3) is 0.103. The number of anilines is 1. The van der Waals surface area contributed by atoms with Gasteiger partial charge in [0.15, 0.2) is 5.13 Å². The lowest BCUT2D eigenvalue weighted by Crippen LogP contribution is -2.30. The van der Waals surface area contributed by atoms with Crippen LogP contribution < -0.4 is 9.64 Å². The minimum atomic E-state index is -0.135. The number of carbonyl (C=O) groups excluding carboxylic acids is 1. The highest BCUT2D eigenvalue weighted by Gasteiger charge is 2.25. The maximum Gasteiger partial charge on any atom is 0.261 e. The Morgan fingerprint density at radius 1 is 0.973 bits per heavy atom. The van der Waals surface area contributed by atoms with Gasteiger partial charge in [-0.3, -0.25) is 14.7 Å². The zero-order valence-corrected chi connectivity index (χ0v) is 21.6. The van der Waals surface area contributed by atoms with Crippen LogP contribution in [0.4, 0.5) is 5.13 Å². The van der Waals surface area contributed by atoms with Crippen LogP contribution in [0.5, 0.6) is 5.75 Å². The van der Waals surface area contributed by atoms with Crippen LogP contribution in [0.15, 0.2) is 90.6 Å². The largest absolute Gasteiger partial charge is 0.494 e. The molecule has 0 unspecified atom stereocenters. The zero-order valence-electron chi connectivity index (χ0n) is 20.0. The summed E-state index contributed by atoms with van der Waals surface area (Å²) in [5.41, 5.74) is 3.90. The topological polar surface area (TPSA) is 68.2 Å². The van der Waals surface area contributed by atoms with E-state index in [1.165, 1.54) is 11.3 Å².